The zero-order valence-corrected chi connectivity index (χ0v) is 12.4. The number of benzene rings is 1. The average molecular weight is 291 g/mol. The van der Waals surface area contributed by atoms with Gasteiger partial charge in [0.1, 0.15) is 5.75 Å². The summed E-state index contributed by atoms with van der Waals surface area (Å²) in [6, 6.07) is 7.51. The standard InChI is InChI=1S/C16H21NO4/c1-11-5-7-14(8-6-11)21-12(2)15(18)17-9-3-4-13(10-17)16(19)20/h5-8,12-13H,3-4,9-10H2,1-2H3,(H,19,20)/t12-,13+/m0/s1. The molecular weight excluding hydrogens is 270 g/mol. The molecule has 1 saturated heterocycles. The van der Waals surface area contributed by atoms with E-state index in [1.807, 2.05) is 31.2 Å². The lowest BCUT2D eigenvalue weighted by Gasteiger charge is -2.32. The van der Waals surface area contributed by atoms with E-state index in [4.69, 9.17) is 9.84 Å². The van der Waals surface area contributed by atoms with Crippen molar-refractivity contribution in [1.82, 2.24) is 4.90 Å². The number of aryl methyl sites for hydroxylation is 1. The first-order valence-electron chi connectivity index (χ1n) is 7.22. The number of hydrogen-bond donors (Lipinski definition) is 1. The Kier molecular flexibility index (Phi) is 4.83. The number of carbonyl (C=O) groups excluding carboxylic acids is 1. The quantitative estimate of drug-likeness (QED) is 0.922. The Bertz CT molecular complexity index is 512. The SMILES string of the molecule is Cc1ccc(O[C@@H](C)C(=O)N2CCC[C@@H](C(=O)O)C2)cc1. The van der Waals surface area contributed by atoms with Crippen LogP contribution in [0.2, 0.25) is 0 Å². The summed E-state index contributed by atoms with van der Waals surface area (Å²) in [5, 5.41) is 9.07. The van der Waals surface area contributed by atoms with Gasteiger partial charge in [0.2, 0.25) is 0 Å². The lowest BCUT2D eigenvalue weighted by Crippen LogP contribution is -2.47. The summed E-state index contributed by atoms with van der Waals surface area (Å²) in [6.45, 7) is 4.56. The van der Waals surface area contributed by atoms with E-state index in [0.717, 1.165) is 12.0 Å². The highest BCUT2D eigenvalue weighted by Crippen LogP contribution is 2.19. The highest BCUT2D eigenvalue weighted by Gasteiger charge is 2.30. The fourth-order valence-electron chi connectivity index (χ4n) is 2.51. The van der Waals surface area contributed by atoms with Crippen LogP contribution in [-0.2, 0) is 9.59 Å². The van der Waals surface area contributed by atoms with Gasteiger partial charge in [-0.05, 0) is 38.8 Å². The van der Waals surface area contributed by atoms with Crippen molar-refractivity contribution in [3.63, 3.8) is 0 Å². The van der Waals surface area contributed by atoms with Crippen molar-refractivity contribution in [2.24, 2.45) is 5.92 Å². The smallest absolute Gasteiger partial charge is 0.308 e. The van der Waals surface area contributed by atoms with Gasteiger partial charge in [-0.15, -0.1) is 0 Å². The fourth-order valence-corrected chi connectivity index (χ4v) is 2.51. The molecule has 1 aromatic carbocycles. The zero-order chi connectivity index (χ0) is 15.4. The molecule has 2 rings (SSSR count). The summed E-state index contributed by atoms with van der Waals surface area (Å²) < 4.78 is 5.64. The topological polar surface area (TPSA) is 66.8 Å². The molecule has 114 valence electrons. The molecule has 1 fully saturated rings. The van der Waals surface area contributed by atoms with Gasteiger partial charge in [-0.25, -0.2) is 0 Å². The molecule has 0 saturated carbocycles. The number of aliphatic carboxylic acids is 1. The second kappa shape index (κ2) is 6.61. The van der Waals surface area contributed by atoms with Gasteiger partial charge >= 0.3 is 5.97 Å². The monoisotopic (exact) mass is 291 g/mol. The van der Waals surface area contributed by atoms with Crippen LogP contribution in [0.5, 0.6) is 5.75 Å². The van der Waals surface area contributed by atoms with Crippen LogP contribution in [0.4, 0.5) is 0 Å². The maximum Gasteiger partial charge on any atom is 0.308 e. The maximum atomic E-state index is 12.3. The van der Waals surface area contributed by atoms with Crippen LogP contribution >= 0.6 is 0 Å². The molecule has 0 unspecified atom stereocenters. The Balaban J connectivity index is 1.95. The molecule has 1 amide bonds. The number of carboxylic acid groups (broad SMARTS) is 1. The molecule has 1 heterocycles. The number of nitrogens with zero attached hydrogens (tertiary/aromatic N) is 1. The van der Waals surface area contributed by atoms with Crippen molar-refractivity contribution >= 4 is 11.9 Å². The van der Waals surface area contributed by atoms with Crippen LogP contribution in [0, 0.1) is 12.8 Å². The van der Waals surface area contributed by atoms with Crippen LogP contribution in [0.1, 0.15) is 25.3 Å². The molecule has 2 atom stereocenters. The minimum atomic E-state index is -0.834. The Morgan fingerprint density at radius 2 is 2.00 bits per heavy atom. The van der Waals surface area contributed by atoms with Crippen LogP contribution in [0.3, 0.4) is 0 Å². The van der Waals surface area contributed by atoms with Gasteiger partial charge < -0.3 is 14.7 Å². The van der Waals surface area contributed by atoms with Crippen molar-refractivity contribution in [1.29, 1.82) is 0 Å². The number of ether oxygens (including phenoxy) is 1. The molecule has 0 spiro atoms. The molecule has 5 nitrogen and oxygen atoms in total. The lowest BCUT2D eigenvalue weighted by molar-refractivity contribution is -0.147. The van der Waals surface area contributed by atoms with E-state index < -0.39 is 18.0 Å². The van der Waals surface area contributed by atoms with Crippen LogP contribution < -0.4 is 4.74 Å². The summed E-state index contributed by atoms with van der Waals surface area (Å²) in [5.74, 6) is -0.802. The van der Waals surface area contributed by atoms with Crippen molar-refractivity contribution in [2.75, 3.05) is 13.1 Å². The Labute approximate surface area is 124 Å². The van der Waals surface area contributed by atoms with Gasteiger partial charge in [-0.3, -0.25) is 9.59 Å². The van der Waals surface area contributed by atoms with Gasteiger partial charge in [0.25, 0.3) is 5.91 Å². The number of carbonyl (C=O) groups is 2. The predicted octanol–water partition coefficient (Wildman–Crippen LogP) is 2.09. The van der Waals surface area contributed by atoms with Crippen molar-refractivity contribution < 1.29 is 19.4 Å². The average Bonchev–Trinajstić information content (AvgIpc) is 2.49. The molecule has 1 aromatic rings. The van der Waals surface area contributed by atoms with Crippen LogP contribution in [0.25, 0.3) is 0 Å². The summed E-state index contributed by atoms with van der Waals surface area (Å²) in [4.78, 5) is 25.0. The number of hydrogen-bond acceptors (Lipinski definition) is 3. The largest absolute Gasteiger partial charge is 0.481 e. The van der Waals surface area contributed by atoms with Gasteiger partial charge in [-0.2, -0.15) is 0 Å². The second-order valence-electron chi connectivity index (χ2n) is 5.53. The van der Waals surface area contributed by atoms with E-state index in [0.29, 0.717) is 18.7 Å². The third kappa shape index (κ3) is 3.97. The molecule has 5 heteroatoms. The summed E-state index contributed by atoms with van der Waals surface area (Å²) in [6.07, 6.45) is 0.743. The molecule has 21 heavy (non-hydrogen) atoms. The Morgan fingerprint density at radius 1 is 1.33 bits per heavy atom. The van der Waals surface area contributed by atoms with E-state index in [1.165, 1.54) is 0 Å². The second-order valence-corrected chi connectivity index (χ2v) is 5.53. The van der Waals surface area contributed by atoms with E-state index in [9.17, 15) is 9.59 Å². The maximum absolute atomic E-state index is 12.3. The number of amides is 1. The summed E-state index contributed by atoms with van der Waals surface area (Å²) in [7, 11) is 0. The molecule has 0 aliphatic carbocycles. The summed E-state index contributed by atoms with van der Waals surface area (Å²) in [5.41, 5.74) is 1.13. The highest BCUT2D eigenvalue weighted by molar-refractivity contribution is 5.82. The molecule has 0 aromatic heterocycles. The first-order chi connectivity index (χ1) is 9.97. The highest BCUT2D eigenvalue weighted by atomic mass is 16.5. The molecule has 1 N–H and O–H groups in total. The third-order valence-electron chi connectivity index (χ3n) is 3.76. The molecular formula is C16H21NO4. The predicted molar refractivity (Wildman–Crippen MR) is 78.2 cm³/mol. The molecule has 1 aliphatic rings. The van der Waals surface area contributed by atoms with E-state index in [2.05, 4.69) is 0 Å². The normalized spacial score (nSPS) is 19.9. The van der Waals surface area contributed by atoms with Crippen LogP contribution in [-0.4, -0.2) is 41.1 Å². The van der Waals surface area contributed by atoms with Crippen molar-refractivity contribution in [3.05, 3.63) is 29.8 Å². The van der Waals surface area contributed by atoms with Crippen molar-refractivity contribution in [3.8, 4) is 5.75 Å². The van der Waals surface area contributed by atoms with Gasteiger partial charge in [0.15, 0.2) is 6.10 Å². The zero-order valence-electron chi connectivity index (χ0n) is 12.4. The molecule has 0 bridgehead atoms. The minimum Gasteiger partial charge on any atom is -0.481 e. The van der Waals surface area contributed by atoms with Gasteiger partial charge in [-0.1, -0.05) is 17.7 Å². The fraction of sp³-hybridized carbons (Fsp3) is 0.500. The number of rotatable bonds is 4. The minimum absolute atomic E-state index is 0.151. The third-order valence-corrected chi connectivity index (χ3v) is 3.76. The van der Waals surface area contributed by atoms with E-state index >= 15 is 0 Å². The first kappa shape index (κ1) is 15.4. The van der Waals surface area contributed by atoms with Gasteiger partial charge in [0, 0.05) is 13.1 Å². The number of likely N-dealkylation sites (tertiary alicyclic amines) is 1. The molecule has 0 radical (unpaired) electrons. The molecule has 1 aliphatic heterocycles. The lowest BCUT2D eigenvalue weighted by atomic mass is 9.98. The summed E-state index contributed by atoms with van der Waals surface area (Å²) >= 11 is 0. The van der Waals surface area contributed by atoms with Crippen LogP contribution in [0.15, 0.2) is 24.3 Å². The Morgan fingerprint density at radius 3 is 2.62 bits per heavy atom. The van der Waals surface area contributed by atoms with Gasteiger partial charge in [0.05, 0.1) is 5.92 Å². The number of piperidine rings is 1. The number of carboxylic acids is 1. The van der Waals surface area contributed by atoms with E-state index in [1.54, 1.807) is 11.8 Å². The Hall–Kier alpha value is -2.04. The van der Waals surface area contributed by atoms with Crippen molar-refractivity contribution in [2.45, 2.75) is 32.8 Å². The first-order valence-corrected chi connectivity index (χ1v) is 7.22. The van der Waals surface area contributed by atoms with E-state index in [-0.39, 0.29) is 12.5 Å².